The van der Waals surface area contributed by atoms with Crippen LogP contribution in [0.25, 0.3) is 0 Å². The van der Waals surface area contributed by atoms with Gasteiger partial charge in [0.1, 0.15) is 13.2 Å². The summed E-state index contributed by atoms with van der Waals surface area (Å²) in [6, 6.07) is 0. The molecule has 0 bridgehead atoms. The Hall–Kier alpha value is -3.67. The second kappa shape index (κ2) is 62.9. The topological polar surface area (TPSA) is 78.9 Å². The van der Waals surface area contributed by atoms with Gasteiger partial charge in [-0.05, 0) is 122 Å². The smallest absolute Gasteiger partial charge is 0.306 e. The summed E-state index contributed by atoms with van der Waals surface area (Å²) in [6.45, 7) is 6.49. The van der Waals surface area contributed by atoms with Crippen molar-refractivity contribution < 1.29 is 28.6 Å². The van der Waals surface area contributed by atoms with E-state index in [4.69, 9.17) is 14.2 Å². The number of rotatable bonds is 57. The molecule has 0 aliphatic carbocycles. The predicted octanol–water partition coefficient (Wildman–Crippen LogP) is 21.7. The van der Waals surface area contributed by atoms with Gasteiger partial charge in [-0.15, -0.1) is 0 Å². The van der Waals surface area contributed by atoms with Gasteiger partial charge in [0.25, 0.3) is 0 Å². The minimum absolute atomic E-state index is 0.0904. The summed E-state index contributed by atoms with van der Waals surface area (Å²) in [4.78, 5) is 38.3. The van der Waals surface area contributed by atoms with Crippen LogP contribution in [0.1, 0.15) is 303 Å². The van der Waals surface area contributed by atoms with Crippen molar-refractivity contribution in [2.45, 2.75) is 309 Å². The number of allylic oxidation sites excluding steroid dienone is 16. The number of carbonyl (C=O) groups is 3. The van der Waals surface area contributed by atoms with Crippen LogP contribution < -0.4 is 0 Å². The van der Waals surface area contributed by atoms with E-state index >= 15 is 0 Å². The number of hydrogen-bond donors (Lipinski definition) is 0. The summed E-state index contributed by atoms with van der Waals surface area (Å²) in [5.41, 5.74) is 0. The fourth-order valence-corrected chi connectivity index (χ4v) is 8.79. The van der Waals surface area contributed by atoms with Gasteiger partial charge in [-0.2, -0.15) is 0 Å². The van der Waals surface area contributed by atoms with Crippen LogP contribution in [-0.2, 0) is 28.6 Å². The highest BCUT2D eigenvalue weighted by atomic mass is 16.6. The van der Waals surface area contributed by atoms with Crippen molar-refractivity contribution in [2.24, 2.45) is 0 Å². The van der Waals surface area contributed by atoms with E-state index in [9.17, 15) is 14.4 Å². The highest BCUT2D eigenvalue weighted by Crippen LogP contribution is 2.16. The average molecular weight is 1040 g/mol. The lowest BCUT2D eigenvalue weighted by molar-refractivity contribution is -0.167. The number of carbonyl (C=O) groups excluding carboxylic acids is 3. The van der Waals surface area contributed by atoms with Crippen LogP contribution in [0.3, 0.4) is 0 Å². The molecule has 0 spiro atoms. The summed E-state index contributed by atoms with van der Waals surface area (Å²) >= 11 is 0. The van der Waals surface area contributed by atoms with Crippen LogP contribution in [0.2, 0.25) is 0 Å². The highest BCUT2D eigenvalue weighted by molar-refractivity contribution is 5.71. The van der Waals surface area contributed by atoms with Crippen LogP contribution in [0.5, 0.6) is 0 Å². The summed E-state index contributed by atoms with van der Waals surface area (Å²) in [7, 11) is 0. The Kier molecular flexibility index (Phi) is 59.8. The SMILES string of the molecule is CC/C=C/C/C=C/C/C=C/C/C=C/C/C=C/CCCCCC(=O)OC[C@@H](COC(=O)CCCCCCCCCCC/C=C/CCCCCCCC)OC(=O)CCCCCCCCCCC/C=C/C/C=C/CCCCC. The first-order valence-electron chi connectivity index (χ1n) is 31.7. The van der Waals surface area contributed by atoms with Gasteiger partial charge < -0.3 is 14.2 Å². The maximum absolute atomic E-state index is 12.9. The molecule has 0 saturated heterocycles. The number of unbranched alkanes of at least 4 members (excludes halogenated alkanes) is 30. The molecule has 0 unspecified atom stereocenters. The second-order valence-corrected chi connectivity index (χ2v) is 20.9. The van der Waals surface area contributed by atoms with Gasteiger partial charge in [-0.1, -0.05) is 259 Å². The Morgan fingerprint density at radius 1 is 0.280 bits per heavy atom. The lowest BCUT2D eigenvalue weighted by atomic mass is 10.1. The minimum atomic E-state index is -0.797. The largest absolute Gasteiger partial charge is 0.462 e. The first-order chi connectivity index (χ1) is 37.0. The molecule has 0 heterocycles. The normalized spacial score (nSPS) is 12.7. The molecule has 0 amide bonds. The second-order valence-electron chi connectivity index (χ2n) is 20.9. The monoisotopic (exact) mass is 1040 g/mol. The summed E-state index contributed by atoms with van der Waals surface area (Å²) in [6.07, 6.45) is 84.0. The van der Waals surface area contributed by atoms with Crippen molar-refractivity contribution in [2.75, 3.05) is 13.2 Å². The van der Waals surface area contributed by atoms with Crippen molar-refractivity contribution in [3.63, 3.8) is 0 Å². The lowest BCUT2D eigenvalue weighted by Crippen LogP contribution is -2.30. The van der Waals surface area contributed by atoms with Crippen molar-refractivity contribution in [3.8, 4) is 0 Å². The average Bonchev–Trinajstić information content (AvgIpc) is 3.41. The molecule has 0 rings (SSSR count). The quantitative estimate of drug-likeness (QED) is 0.0261. The Balaban J connectivity index is 4.45. The molecular formula is C69H118O6. The first kappa shape index (κ1) is 71.3. The Morgan fingerprint density at radius 3 is 0.867 bits per heavy atom. The van der Waals surface area contributed by atoms with Crippen LogP contribution in [-0.4, -0.2) is 37.2 Å². The van der Waals surface area contributed by atoms with Gasteiger partial charge in [0.05, 0.1) is 0 Å². The predicted molar refractivity (Wildman–Crippen MR) is 325 cm³/mol. The fourth-order valence-electron chi connectivity index (χ4n) is 8.79. The molecule has 0 aliphatic rings. The molecular weight excluding hydrogens is 925 g/mol. The molecule has 430 valence electrons. The van der Waals surface area contributed by atoms with Gasteiger partial charge >= 0.3 is 17.9 Å². The molecule has 0 radical (unpaired) electrons. The van der Waals surface area contributed by atoms with E-state index in [0.717, 1.165) is 103 Å². The lowest BCUT2D eigenvalue weighted by Gasteiger charge is -2.18. The molecule has 75 heavy (non-hydrogen) atoms. The molecule has 0 aromatic heterocycles. The number of hydrogen-bond acceptors (Lipinski definition) is 6. The van der Waals surface area contributed by atoms with Gasteiger partial charge in [-0.3, -0.25) is 14.4 Å². The summed E-state index contributed by atoms with van der Waals surface area (Å²) in [5, 5.41) is 0. The molecule has 0 aromatic carbocycles. The van der Waals surface area contributed by atoms with Crippen LogP contribution >= 0.6 is 0 Å². The van der Waals surface area contributed by atoms with Crippen molar-refractivity contribution in [1.82, 2.24) is 0 Å². The molecule has 1 atom stereocenters. The Morgan fingerprint density at radius 2 is 0.520 bits per heavy atom. The molecule has 0 N–H and O–H groups in total. The molecule has 0 aliphatic heterocycles. The van der Waals surface area contributed by atoms with E-state index in [1.807, 2.05) is 0 Å². The van der Waals surface area contributed by atoms with Gasteiger partial charge in [0, 0.05) is 19.3 Å². The maximum atomic E-state index is 12.9. The molecule has 6 heteroatoms. The van der Waals surface area contributed by atoms with Crippen molar-refractivity contribution in [1.29, 1.82) is 0 Å². The molecule has 0 aromatic rings. The molecule has 0 fully saturated rings. The Labute approximate surface area is 464 Å². The van der Waals surface area contributed by atoms with Crippen molar-refractivity contribution >= 4 is 17.9 Å². The van der Waals surface area contributed by atoms with E-state index in [1.54, 1.807) is 0 Å². The first-order valence-corrected chi connectivity index (χ1v) is 31.7. The fraction of sp³-hybridized carbons (Fsp3) is 0.725. The minimum Gasteiger partial charge on any atom is -0.462 e. The van der Waals surface area contributed by atoms with Gasteiger partial charge in [0.15, 0.2) is 6.10 Å². The van der Waals surface area contributed by atoms with E-state index < -0.39 is 6.10 Å². The van der Waals surface area contributed by atoms with Crippen molar-refractivity contribution in [3.05, 3.63) is 97.2 Å². The van der Waals surface area contributed by atoms with E-state index in [2.05, 4.69) is 118 Å². The standard InChI is InChI=1S/C69H118O6/c1-4-7-10-13-16-19-22-25-28-31-34-37-40-43-46-49-52-55-58-61-67(70)73-64-66(75-69(72)63-60-57-54-51-48-45-42-39-36-33-30-27-24-21-18-15-12-9-6-3)65-74-68(71)62-59-56-53-50-47-44-41-38-35-32-29-26-23-20-17-14-11-8-5-2/h7,10,16,18-19,21,25-30,34,37,43,46,66H,4-6,8-9,11-15,17,20,22-24,31-33,35-36,38-42,44-45,47-65H2,1-3H3/b10-7+,19-16+,21-18+,28-25+,29-26+,30-27+,37-34+,46-43+/t66-/m0/s1. The third-order valence-electron chi connectivity index (χ3n) is 13.5. The third-order valence-corrected chi connectivity index (χ3v) is 13.5. The number of ether oxygens (including phenoxy) is 3. The highest BCUT2D eigenvalue weighted by Gasteiger charge is 2.19. The zero-order valence-electron chi connectivity index (χ0n) is 49.3. The molecule has 6 nitrogen and oxygen atoms in total. The van der Waals surface area contributed by atoms with Crippen LogP contribution in [0.15, 0.2) is 97.2 Å². The zero-order chi connectivity index (χ0) is 54.3. The van der Waals surface area contributed by atoms with E-state index in [1.165, 1.54) is 161 Å². The zero-order valence-corrected chi connectivity index (χ0v) is 49.3. The third kappa shape index (κ3) is 61.1. The number of esters is 3. The van der Waals surface area contributed by atoms with Crippen LogP contribution in [0, 0.1) is 0 Å². The summed E-state index contributed by atoms with van der Waals surface area (Å²) in [5.74, 6) is -0.921. The van der Waals surface area contributed by atoms with E-state index in [0.29, 0.717) is 19.3 Å². The summed E-state index contributed by atoms with van der Waals surface area (Å²) < 4.78 is 16.9. The van der Waals surface area contributed by atoms with E-state index in [-0.39, 0.29) is 31.1 Å². The maximum Gasteiger partial charge on any atom is 0.306 e. The van der Waals surface area contributed by atoms with Gasteiger partial charge in [0.2, 0.25) is 0 Å². The van der Waals surface area contributed by atoms with Gasteiger partial charge in [-0.25, -0.2) is 0 Å². The Bertz CT molecular complexity index is 1480. The molecule has 0 saturated carbocycles. The van der Waals surface area contributed by atoms with Crippen LogP contribution in [0.4, 0.5) is 0 Å².